The summed E-state index contributed by atoms with van der Waals surface area (Å²) in [5.41, 5.74) is -0.550. The third-order valence-corrected chi connectivity index (χ3v) is 3.21. The molecule has 0 N–H and O–H groups in total. The molecule has 2 rings (SSSR count). The first-order chi connectivity index (χ1) is 6.64. The van der Waals surface area contributed by atoms with E-state index in [-0.39, 0.29) is 5.92 Å². The van der Waals surface area contributed by atoms with Crippen molar-refractivity contribution in [3.63, 3.8) is 0 Å². The van der Waals surface area contributed by atoms with Gasteiger partial charge >= 0.3 is 11.9 Å². The molecule has 0 bridgehead atoms. The molecule has 0 radical (unpaired) electrons. The largest absolute Gasteiger partial charge is 0.468 e. The zero-order valence-corrected chi connectivity index (χ0v) is 8.04. The molecule has 2 atom stereocenters. The third-order valence-electron chi connectivity index (χ3n) is 3.21. The number of ether oxygens (including phenoxy) is 2. The quantitative estimate of drug-likeness (QED) is 0.351. The van der Waals surface area contributed by atoms with E-state index in [1.165, 1.54) is 7.11 Å². The van der Waals surface area contributed by atoms with E-state index in [0.717, 1.165) is 6.42 Å². The lowest BCUT2D eigenvalue weighted by atomic mass is 9.78. The molecule has 0 spiro atoms. The van der Waals surface area contributed by atoms with Crippen LogP contribution in [0.5, 0.6) is 0 Å². The topological polar surface area (TPSA) is 52.6 Å². The van der Waals surface area contributed by atoms with Crippen molar-refractivity contribution in [1.29, 1.82) is 0 Å². The number of hydrogen-bond donors (Lipinski definition) is 0. The van der Waals surface area contributed by atoms with Crippen LogP contribution >= 0.6 is 0 Å². The maximum absolute atomic E-state index is 11.7. The van der Waals surface area contributed by atoms with Crippen molar-refractivity contribution in [2.75, 3.05) is 13.7 Å². The van der Waals surface area contributed by atoms with E-state index in [2.05, 4.69) is 11.3 Å². The zero-order chi connectivity index (χ0) is 10.3. The predicted molar refractivity (Wildman–Crippen MR) is 47.3 cm³/mol. The van der Waals surface area contributed by atoms with Crippen LogP contribution in [0.25, 0.3) is 0 Å². The van der Waals surface area contributed by atoms with Gasteiger partial charge in [-0.15, -0.1) is 0 Å². The summed E-state index contributed by atoms with van der Waals surface area (Å²) in [5.74, 6) is -1.08. The van der Waals surface area contributed by atoms with Crippen molar-refractivity contribution in [3.05, 3.63) is 12.2 Å². The monoisotopic (exact) mass is 196 g/mol. The first-order valence-corrected chi connectivity index (χ1v) is 4.58. The molecule has 0 aromatic rings. The molecule has 2 fully saturated rings. The molecule has 1 aliphatic heterocycles. The Balaban J connectivity index is 2.48. The van der Waals surface area contributed by atoms with Gasteiger partial charge in [-0.25, -0.2) is 0 Å². The van der Waals surface area contributed by atoms with Crippen LogP contribution in [0, 0.1) is 11.3 Å². The van der Waals surface area contributed by atoms with E-state index < -0.39 is 17.4 Å². The van der Waals surface area contributed by atoms with Crippen molar-refractivity contribution >= 4 is 11.9 Å². The van der Waals surface area contributed by atoms with Gasteiger partial charge in [-0.05, 0) is 18.4 Å². The van der Waals surface area contributed by atoms with Gasteiger partial charge in [-0.3, -0.25) is 9.59 Å². The SMILES string of the molecule is C=C1CC[C@H]2COC(=O)[C@@]12C(=O)OC. The van der Waals surface area contributed by atoms with Crippen molar-refractivity contribution in [1.82, 2.24) is 0 Å². The fourth-order valence-corrected chi connectivity index (χ4v) is 2.42. The summed E-state index contributed by atoms with van der Waals surface area (Å²) < 4.78 is 9.60. The van der Waals surface area contributed by atoms with Crippen LogP contribution < -0.4 is 0 Å². The van der Waals surface area contributed by atoms with Crippen molar-refractivity contribution in [2.45, 2.75) is 12.8 Å². The molecule has 1 saturated heterocycles. The van der Waals surface area contributed by atoms with E-state index in [1.54, 1.807) is 0 Å². The number of fused-ring (bicyclic) bond motifs is 1. The van der Waals surface area contributed by atoms with Crippen molar-refractivity contribution < 1.29 is 19.1 Å². The van der Waals surface area contributed by atoms with Crippen LogP contribution in [0.4, 0.5) is 0 Å². The van der Waals surface area contributed by atoms with E-state index in [0.29, 0.717) is 18.6 Å². The Morgan fingerprint density at radius 1 is 1.71 bits per heavy atom. The molecule has 0 unspecified atom stereocenters. The summed E-state index contributed by atoms with van der Waals surface area (Å²) in [5, 5.41) is 0. The molecule has 0 aromatic carbocycles. The number of hydrogen-bond acceptors (Lipinski definition) is 4. The van der Waals surface area contributed by atoms with Gasteiger partial charge in [-0.1, -0.05) is 6.58 Å². The molecule has 0 amide bonds. The summed E-state index contributed by atoms with van der Waals surface area (Å²) in [6, 6.07) is 0. The molecule has 1 heterocycles. The van der Waals surface area contributed by atoms with Crippen molar-refractivity contribution in [3.8, 4) is 0 Å². The van der Waals surface area contributed by atoms with E-state index >= 15 is 0 Å². The van der Waals surface area contributed by atoms with Gasteiger partial charge in [0.05, 0.1) is 13.7 Å². The van der Waals surface area contributed by atoms with Gasteiger partial charge in [0, 0.05) is 5.92 Å². The minimum absolute atomic E-state index is 0.0741. The number of esters is 2. The number of cyclic esters (lactones) is 1. The van der Waals surface area contributed by atoms with Gasteiger partial charge in [0.1, 0.15) is 0 Å². The second kappa shape index (κ2) is 2.83. The van der Waals surface area contributed by atoms with Crippen LogP contribution in [0.1, 0.15) is 12.8 Å². The molecule has 1 saturated carbocycles. The molecule has 76 valence electrons. The maximum Gasteiger partial charge on any atom is 0.328 e. The number of carbonyl (C=O) groups excluding carboxylic acids is 2. The smallest absolute Gasteiger partial charge is 0.328 e. The lowest BCUT2D eigenvalue weighted by Gasteiger charge is -2.21. The Bertz CT molecular complexity index is 298. The molecule has 4 nitrogen and oxygen atoms in total. The standard InChI is InChI=1S/C10H12O4/c1-6-3-4-7-5-14-9(12)10(6,7)8(11)13-2/h7H,1,3-5H2,2H3/t7-,10-/m0/s1. The summed E-state index contributed by atoms with van der Waals surface area (Å²) in [4.78, 5) is 23.3. The average molecular weight is 196 g/mol. The van der Waals surface area contributed by atoms with E-state index in [1.807, 2.05) is 0 Å². The summed E-state index contributed by atoms with van der Waals surface area (Å²) >= 11 is 0. The Kier molecular flexibility index (Phi) is 1.87. The van der Waals surface area contributed by atoms with Crippen LogP contribution in [0.3, 0.4) is 0 Å². The molecule has 1 aliphatic carbocycles. The molecular weight excluding hydrogens is 184 g/mol. The highest BCUT2D eigenvalue weighted by molar-refractivity contribution is 6.05. The molecule has 14 heavy (non-hydrogen) atoms. The molecule has 4 heteroatoms. The number of carbonyl (C=O) groups is 2. The fourth-order valence-electron chi connectivity index (χ4n) is 2.42. The maximum atomic E-state index is 11.7. The van der Waals surface area contributed by atoms with E-state index in [9.17, 15) is 9.59 Å². The van der Waals surface area contributed by atoms with Gasteiger partial charge in [0.15, 0.2) is 5.41 Å². The lowest BCUT2D eigenvalue weighted by molar-refractivity contribution is -0.160. The minimum Gasteiger partial charge on any atom is -0.468 e. The van der Waals surface area contributed by atoms with Gasteiger partial charge < -0.3 is 9.47 Å². The normalized spacial score (nSPS) is 35.4. The molecule has 0 aromatic heterocycles. The van der Waals surface area contributed by atoms with Gasteiger partial charge in [0.25, 0.3) is 0 Å². The van der Waals surface area contributed by atoms with Gasteiger partial charge in [-0.2, -0.15) is 0 Å². The summed E-state index contributed by atoms with van der Waals surface area (Å²) in [6.45, 7) is 4.10. The van der Waals surface area contributed by atoms with Crippen LogP contribution in [-0.4, -0.2) is 25.7 Å². The predicted octanol–water partition coefficient (Wildman–Crippen LogP) is 0.669. The second-order valence-corrected chi connectivity index (χ2v) is 3.74. The lowest BCUT2D eigenvalue weighted by Crippen LogP contribution is -2.40. The second-order valence-electron chi connectivity index (χ2n) is 3.74. The van der Waals surface area contributed by atoms with Gasteiger partial charge in [0.2, 0.25) is 0 Å². The zero-order valence-electron chi connectivity index (χ0n) is 8.04. The van der Waals surface area contributed by atoms with Crippen LogP contribution in [0.15, 0.2) is 12.2 Å². The highest BCUT2D eigenvalue weighted by atomic mass is 16.6. The highest BCUT2D eigenvalue weighted by Crippen LogP contribution is 2.52. The highest BCUT2D eigenvalue weighted by Gasteiger charge is 2.63. The summed E-state index contributed by atoms with van der Waals surface area (Å²) in [6.07, 6.45) is 1.48. The Labute approximate surface area is 81.9 Å². The van der Waals surface area contributed by atoms with E-state index in [4.69, 9.17) is 4.74 Å². The molecule has 2 aliphatic rings. The minimum atomic E-state index is -1.19. The number of rotatable bonds is 1. The van der Waals surface area contributed by atoms with Crippen LogP contribution in [0.2, 0.25) is 0 Å². The summed E-state index contributed by atoms with van der Waals surface area (Å²) in [7, 11) is 1.28. The molecular formula is C10H12O4. The fraction of sp³-hybridized carbons (Fsp3) is 0.600. The van der Waals surface area contributed by atoms with Crippen LogP contribution in [-0.2, 0) is 19.1 Å². The first-order valence-electron chi connectivity index (χ1n) is 4.58. The third kappa shape index (κ3) is 0.832. The Morgan fingerprint density at radius 3 is 3.07 bits per heavy atom. The van der Waals surface area contributed by atoms with Crippen molar-refractivity contribution in [2.24, 2.45) is 11.3 Å². The average Bonchev–Trinajstić information content (AvgIpc) is 2.67. The number of methoxy groups -OCH3 is 1. The Hall–Kier alpha value is -1.32. The Morgan fingerprint density at radius 2 is 2.43 bits per heavy atom. The first kappa shape index (κ1) is 9.24.